The number of halogens is 1. The Balaban J connectivity index is 1.56. The molecule has 110 valence electrons. The maximum absolute atomic E-state index is 6.06. The van der Waals surface area contributed by atoms with Gasteiger partial charge in [-0.2, -0.15) is 0 Å². The van der Waals surface area contributed by atoms with Crippen molar-refractivity contribution in [3.8, 4) is 0 Å². The van der Waals surface area contributed by atoms with E-state index in [4.69, 9.17) is 17.3 Å². The first-order valence-electron chi connectivity index (χ1n) is 7.14. The molecule has 2 heterocycles. The molecule has 2 aromatic rings. The molecular formula is C16H19ClN4. The second-order valence-corrected chi connectivity index (χ2v) is 5.77. The fraction of sp³-hybridized carbons (Fsp3) is 0.312. The van der Waals surface area contributed by atoms with Crippen molar-refractivity contribution in [1.29, 1.82) is 0 Å². The van der Waals surface area contributed by atoms with E-state index < -0.39 is 0 Å². The van der Waals surface area contributed by atoms with E-state index in [1.807, 2.05) is 36.5 Å². The fourth-order valence-electron chi connectivity index (χ4n) is 2.62. The van der Waals surface area contributed by atoms with Crippen LogP contribution in [0, 0.1) is 0 Å². The lowest BCUT2D eigenvalue weighted by Crippen LogP contribution is -2.45. The molecule has 0 saturated carbocycles. The third-order valence-electron chi connectivity index (χ3n) is 3.80. The van der Waals surface area contributed by atoms with Crippen LogP contribution in [0.3, 0.4) is 0 Å². The van der Waals surface area contributed by atoms with Crippen molar-refractivity contribution in [2.75, 3.05) is 36.8 Å². The minimum atomic E-state index is 0.574. The number of nitrogens with two attached hydrogens (primary N) is 1. The van der Waals surface area contributed by atoms with Gasteiger partial charge >= 0.3 is 0 Å². The molecule has 4 nitrogen and oxygen atoms in total. The lowest BCUT2D eigenvalue weighted by molar-refractivity contribution is 0.249. The summed E-state index contributed by atoms with van der Waals surface area (Å²) in [5.41, 5.74) is 8.03. The van der Waals surface area contributed by atoms with Crippen LogP contribution in [0.1, 0.15) is 5.56 Å². The zero-order valence-electron chi connectivity index (χ0n) is 11.9. The third-order valence-corrected chi connectivity index (χ3v) is 4.03. The van der Waals surface area contributed by atoms with Crippen molar-refractivity contribution in [2.24, 2.45) is 0 Å². The second-order valence-electron chi connectivity index (χ2n) is 5.33. The number of benzene rings is 1. The van der Waals surface area contributed by atoms with Gasteiger partial charge in [0.15, 0.2) is 0 Å². The minimum absolute atomic E-state index is 0.574. The van der Waals surface area contributed by atoms with Gasteiger partial charge in [0.25, 0.3) is 0 Å². The SMILES string of the molecule is Nc1ccc(CN2CCN(c3cccc(Cl)c3)CC2)cn1. The molecule has 1 aliphatic heterocycles. The highest BCUT2D eigenvalue weighted by Crippen LogP contribution is 2.21. The summed E-state index contributed by atoms with van der Waals surface area (Å²) in [4.78, 5) is 8.96. The number of pyridine rings is 1. The van der Waals surface area contributed by atoms with Crippen molar-refractivity contribution in [3.63, 3.8) is 0 Å². The van der Waals surface area contributed by atoms with Crippen LogP contribution in [-0.4, -0.2) is 36.1 Å². The maximum atomic E-state index is 6.06. The minimum Gasteiger partial charge on any atom is -0.384 e. The first kappa shape index (κ1) is 14.2. The number of nitrogens with zero attached hydrogens (tertiary/aromatic N) is 3. The summed E-state index contributed by atoms with van der Waals surface area (Å²) in [5.74, 6) is 0.574. The summed E-state index contributed by atoms with van der Waals surface area (Å²) in [7, 11) is 0. The molecule has 0 bridgehead atoms. The van der Waals surface area contributed by atoms with Gasteiger partial charge in [-0.25, -0.2) is 4.98 Å². The molecule has 1 aliphatic rings. The Hall–Kier alpha value is -1.78. The van der Waals surface area contributed by atoms with E-state index in [9.17, 15) is 0 Å². The standard InChI is InChI=1S/C16H19ClN4/c17-14-2-1-3-15(10-14)21-8-6-20(7-9-21)12-13-4-5-16(18)19-11-13/h1-5,10-11H,6-9,12H2,(H2,18,19). The molecule has 0 amide bonds. The Bertz CT molecular complexity index is 591. The highest BCUT2D eigenvalue weighted by molar-refractivity contribution is 6.30. The Kier molecular flexibility index (Phi) is 4.27. The van der Waals surface area contributed by atoms with Crippen molar-refractivity contribution < 1.29 is 0 Å². The zero-order valence-corrected chi connectivity index (χ0v) is 12.6. The van der Waals surface area contributed by atoms with Crippen molar-refractivity contribution in [3.05, 3.63) is 53.2 Å². The number of hydrogen-bond donors (Lipinski definition) is 1. The van der Waals surface area contributed by atoms with E-state index in [-0.39, 0.29) is 0 Å². The molecule has 0 spiro atoms. The van der Waals surface area contributed by atoms with E-state index >= 15 is 0 Å². The Morgan fingerprint density at radius 2 is 1.90 bits per heavy atom. The third kappa shape index (κ3) is 3.65. The molecule has 21 heavy (non-hydrogen) atoms. The first-order chi connectivity index (χ1) is 10.2. The van der Waals surface area contributed by atoms with Crippen LogP contribution in [0.5, 0.6) is 0 Å². The molecule has 1 aromatic carbocycles. The highest BCUT2D eigenvalue weighted by Gasteiger charge is 2.17. The fourth-order valence-corrected chi connectivity index (χ4v) is 2.81. The monoisotopic (exact) mass is 302 g/mol. The van der Waals surface area contributed by atoms with E-state index in [0.29, 0.717) is 5.82 Å². The summed E-state index contributed by atoms with van der Waals surface area (Å²) in [6, 6.07) is 12.0. The predicted molar refractivity (Wildman–Crippen MR) is 87.6 cm³/mol. The highest BCUT2D eigenvalue weighted by atomic mass is 35.5. The summed E-state index contributed by atoms with van der Waals surface area (Å²) in [5, 5.41) is 0.794. The van der Waals surface area contributed by atoms with Crippen molar-refractivity contribution in [1.82, 2.24) is 9.88 Å². The van der Waals surface area contributed by atoms with Gasteiger partial charge in [-0.05, 0) is 29.8 Å². The van der Waals surface area contributed by atoms with E-state index in [2.05, 4.69) is 20.9 Å². The summed E-state index contributed by atoms with van der Waals surface area (Å²) >= 11 is 6.06. The predicted octanol–water partition coefficient (Wildman–Crippen LogP) is 2.64. The lowest BCUT2D eigenvalue weighted by Gasteiger charge is -2.36. The average molecular weight is 303 g/mol. The largest absolute Gasteiger partial charge is 0.384 e. The smallest absolute Gasteiger partial charge is 0.123 e. The normalized spacial score (nSPS) is 16.1. The topological polar surface area (TPSA) is 45.4 Å². The lowest BCUT2D eigenvalue weighted by atomic mass is 10.2. The molecule has 0 unspecified atom stereocenters. The Labute approximate surface area is 130 Å². The number of piperazine rings is 1. The van der Waals surface area contributed by atoms with E-state index in [0.717, 1.165) is 37.7 Å². The van der Waals surface area contributed by atoms with Gasteiger partial charge in [-0.3, -0.25) is 4.90 Å². The number of nitrogen functional groups attached to an aromatic ring is 1. The maximum Gasteiger partial charge on any atom is 0.123 e. The summed E-state index contributed by atoms with van der Waals surface area (Å²) < 4.78 is 0. The summed E-state index contributed by atoms with van der Waals surface area (Å²) in [6.07, 6.45) is 1.86. The zero-order chi connectivity index (χ0) is 14.7. The number of anilines is 2. The molecule has 1 aromatic heterocycles. The van der Waals surface area contributed by atoms with Crippen LogP contribution in [0.15, 0.2) is 42.6 Å². The molecule has 0 atom stereocenters. The van der Waals surface area contributed by atoms with Crippen LogP contribution in [0.4, 0.5) is 11.5 Å². The average Bonchev–Trinajstić information content (AvgIpc) is 2.50. The van der Waals surface area contributed by atoms with E-state index in [1.165, 1.54) is 11.3 Å². The van der Waals surface area contributed by atoms with Crippen molar-refractivity contribution >= 4 is 23.1 Å². The molecule has 0 aliphatic carbocycles. The molecule has 0 radical (unpaired) electrons. The molecule has 1 saturated heterocycles. The van der Waals surface area contributed by atoms with Crippen LogP contribution < -0.4 is 10.6 Å². The first-order valence-corrected chi connectivity index (χ1v) is 7.52. The Morgan fingerprint density at radius 3 is 2.57 bits per heavy atom. The molecule has 1 fully saturated rings. The van der Waals surface area contributed by atoms with Crippen LogP contribution in [0.25, 0.3) is 0 Å². The molecule has 2 N–H and O–H groups in total. The number of rotatable bonds is 3. The molecule has 3 rings (SSSR count). The Morgan fingerprint density at radius 1 is 1.10 bits per heavy atom. The number of hydrogen-bond acceptors (Lipinski definition) is 4. The van der Waals surface area contributed by atoms with E-state index in [1.54, 1.807) is 0 Å². The number of aromatic nitrogens is 1. The van der Waals surface area contributed by atoms with Crippen LogP contribution in [-0.2, 0) is 6.54 Å². The quantitative estimate of drug-likeness (QED) is 0.947. The molecule has 5 heteroatoms. The van der Waals surface area contributed by atoms with Gasteiger partial charge in [-0.15, -0.1) is 0 Å². The van der Waals surface area contributed by atoms with Gasteiger partial charge in [-0.1, -0.05) is 23.7 Å². The summed E-state index contributed by atoms with van der Waals surface area (Å²) in [6.45, 7) is 5.04. The van der Waals surface area contributed by atoms with Gasteiger partial charge < -0.3 is 10.6 Å². The van der Waals surface area contributed by atoms with Crippen LogP contribution >= 0.6 is 11.6 Å². The second kappa shape index (κ2) is 6.33. The van der Waals surface area contributed by atoms with Crippen LogP contribution in [0.2, 0.25) is 5.02 Å². The van der Waals surface area contributed by atoms with Gasteiger partial charge in [0, 0.05) is 49.6 Å². The molecular weight excluding hydrogens is 284 g/mol. The van der Waals surface area contributed by atoms with Crippen molar-refractivity contribution in [2.45, 2.75) is 6.54 Å². The van der Waals surface area contributed by atoms with Gasteiger partial charge in [0.1, 0.15) is 5.82 Å². The van der Waals surface area contributed by atoms with Gasteiger partial charge in [0.2, 0.25) is 0 Å². The van der Waals surface area contributed by atoms with Gasteiger partial charge in [0.05, 0.1) is 0 Å².